The molecule has 28 heavy (non-hydrogen) atoms. The monoisotopic (exact) mass is 405 g/mol. The Balaban J connectivity index is 1.82. The highest BCUT2D eigenvalue weighted by Crippen LogP contribution is 2.20. The molecule has 7 nitrogen and oxygen atoms in total. The highest BCUT2D eigenvalue weighted by molar-refractivity contribution is 7.90. The third-order valence-corrected chi connectivity index (χ3v) is 4.98. The van der Waals surface area contributed by atoms with Crippen molar-refractivity contribution in [2.45, 2.75) is 24.7 Å². The van der Waals surface area contributed by atoms with Crippen LogP contribution in [-0.4, -0.2) is 39.8 Å². The molecule has 0 bridgehead atoms. The Morgan fingerprint density at radius 1 is 1.00 bits per heavy atom. The molecule has 8 heteroatoms. The summed E-state index contributed by atoms with van der Waals surface area (Å²) in [5.74, 6) is -0.441. The number of hydrogen-bond donors (Lipinski definition) is 1. The summed E-state index contributed by atoms with van der Waals surface area (Å²) in [5, 5.41) is 2.43. The van der Waals surface area contributed by atoms with Crippen molar-refractivity contribution in [3.8, 4) is 5.75 Å². The fourth-order valence-corrected chi connectivity index (χ4v) is 3.20. The number of amides is 1. The molecule has 150 valence electrons. The van der Waals surface area contributed by atoms with Gasteiger partial charge in [-0.3, -0.25) is 4.79 Å². The Labute approximate surface area is 164 Å². The first kappa shape index (κ1) is 21.4. The molecule has 2 aromatic carbocycles. The van der Waals surface area contributed by atoms with Crippen LogP contribution < -0.4 is 10.1 Å². The van der Waals surface area contributed by atoms with Crippen LogP contribution in [0.4, 0.5) is 5.69 Å². The second-order valence-electron chi connectivity index (χ2n) is 6.49. The van der Waals surface area contributed by atoms with Crippen molar-refractivity contribution in [3.05, 3.63) is 54.1 Å². The third-order valence-electron chi connectivity index (χ3n) is 3.83. The maximum absolute atomic E-state index is 11.9. The van der Waals surface area contributed by atoms with E-state index in [9.17, 15) is 18.0 Å². The van der Waals surface area contributed by atoms with E-state index in [2.05, 4.69) is 19.2 Å². The molecule has 0 aliphatic rings. The van der Waals surface area contributed by atoms with Gasteiger partial charge in [-0.15, -0.1) is 0 Å². The van der Waals surface area contributed by atoms with E-state index in [1.165, 1.54) is 12.1 Å². The SMILES string of the molecule is CC(C)c1ccc(OCC(=O)OCC(=O)Nc2ccccc2S(C)(=O)=O)cc1. The fourth-order valence-electron chi connectivity index (χ4n) is 2.36. The van der Waals surface area contributed by atoms with Gasteiger partial charge >= 0.3 is 5.97 Å². The fraction of sp³-hybridized carbons (Fsp3) is 0.300. The summed E-state index contributed by atoms with van der Waals surface area (Å²) >= 11 is 0. The van der Waals surface area contributed by atoms with Crippen LogP contribution in [0.1, 0.15) is 25.3 Å². The lowest BCUT2D eigenvalue weighted by molar-refractivity contribution is -0.149. The minimum absolute atomic E-state index is 0.0112. The van der Waals surface area contributed by atoms with Crippen molar-refractivity contribution >= 4 is 27.4 Å². The molecule has 0 aliphatic heterocycles. The number of ether oxygens (including phenoxy) is 2. The quantitative estimate of drug-likeness (QED) is 0.678. The zero-order valence-corrected chi connectivity index (χ0v) is 16.8. The van der Waals surface area contributed by atoms with Gasteiger partial charge in [0.05, 0.1) is 10.6 Å². The van der Waals surface area contributed by atoms with E-state index in [0.29, 0.717) is 11.7 Å². The smallest absolute Gasteiger partial charge is 0.344 e. The first-order valence-electron chi connectivity index (χ1n) is 8.64. The van der Waals surface area contributed by atoms with Crippen LogP contribution in [0, 0.1) is 0 Å². The summed E-state index contributed by atoms with van der Waals surface area (Å²) in [6.07, 6.45) is 1.04. The molecule has 0 spiro atoms. The third kappa shape index (κ3) is 6.38. The van der Waals surface area contributed by atoms with E-state index < -0.39 is 28.3 Å². The van der Waals surface area contributed by atoms with E-state index in [0.717, 1.165) is 11.8 Å². The number of sulfone groups is 1. The van der Waals surface area contributed by atoms with E-state index >= 15 is 0 Å². The lowest BCUT2D eigenvalue weighted by Crippen LogP contribution is -2.24. The van der Waals surface area contributed by atoms with Crippen molar-refractivity contribution in [2.24, 2.45) is 0 Å². The maximum atomic E-state index is 11.9. The van der Waals surface area contributed by atoms with Gasteiger partial charge in [-0.25, -0.2) is 13.2 Å². The van der Waals surface area contributed by atoms with Gasteiger partial charge in [-0.05, 0) is 35.7 Å². The highest BCUT2D eigenvalue weighted by atomic mass is 32.2. The largest absolute Gasteiger partial charge is 0.482 e. The molecule has 0 radical (unpaired) electrons. The normalized spacial score (nSPS) is 11.1. The number of esters is 1. The Morgan fingerprint density at radius 2 is 1.64 bits per heavy atom. The highest BCUT2D eigenvalue weighted by Gasteiger charge is 2.15. The minimum atomic E-state index is -3.50. The lowest BCUT2D eigenvalue weighted by atomic mass is 10.0. The topological polar surface area (TPSA) is 98.8 Å². The Morgan fingerprint density at radius 3 is 2.25 bits per heavy atom. The van der Waals surface area contributed by atoms with Crippen LogP contribution in [0.2, 0.25) is 0 Å². The predicted molar refractivity (Wildman–Crippen MR) is 105 cm³/mol. The van der Waals surface area contributed by atoms with Crippen molar-refractivity contribution in [1.82, 2.24) is 0 Å². The van der Waals surface area contributed by atoms with E-state index in [1.54, 1.807) is 24.3 Å². The molecular formula is C20H23NO6S. The van der Waals surface area contributed by atoms with Crippen LogP contribution in [-0.2, 0) is 24.2 Å². The van der Waals surface area contributed by atoms with E-state index in [4.69, 9.17) is 9.47 Å². The van der Waals surface area contributed by atoms with Gasteiger partial charge in [0.1, 0.15) is 5.75 Å². The maximum Gasteiger partial charge on any atom is 0.344 e. The second kappa shape index (κ2) is 9.36. The molecule has 0 unspecified atom stereocenters. The Hall–Kier alpha value is -2.87. The number of para-hydroxylation sites is 1. The second-order valence-corrected chi connectivity index (χ2v) is 8.47. The van der Waals surface area contributed by atoms with Crippen molar-refractivity contribution in [2.75, 3.05) is 24.8 Å². The average molecular weight is 405 g/mol. The van der Waals surface area contributed by atoms with Gasteiger partial charge in [0.15, 0.2) is 23.1 Å². The standard InChI is InChI=1S/C20H23NO6S/c1-14(2)15-8-10-16(11-9-15)26-13-20(23)27-12-19(22)21-17-6-4-5-7-18(17)28(3,24)25/h4-11,14H,12-13H2,1-3H3,(H,21,22). The van der Waals surface area contributed by atoms with Gasteiger partial charge in [0, 0.05) is 6.26 Å². The minimum Gasteiger partial charge on any atom is -0.482 e. The Bertz CT molecular complexity index is 935. The van der Waals surface area contributed by atoms with Crippen LogP contribution >= 0.6 is 0 Å². The summed E-state index contributed by atoms with van der Waals surface area (Å²) < 4.78 is 33.6. The lowest BCUT2D eigenvalue weighted by Gasteiger charge is -2.11. The molecule has 0 aliphatic carbocycles. The number of rotatable bonds is 8. The van der Waals surface area contributed by atoms with E-state index in [-0.39, 0.29) is 17.2 Å². The number of carbonyl (C=O) groups excluding carboxylic acids is 2. The number of carbonyl (C=O) groups is 2. The van der Waals surface area contributed by atoms with Gasteiger partial charge in [0.2, 0.25) is 0 Å². The summed E-state index contributed by atoms with van der Waals surface area (Å²) in [4.78, 5) is 23.7. The van der Waals surface area contributed by atoms with Crippen LogP contribution in [0.5, 0.6) is 5.75 Å². The Kier molecular flexibility index (Phi) is 7.17. The molecule has 0 heterocycles. The van der Waals surface area contributed by atoms with Crippen molar-refractivity contribution in [3.63, 3.8) is 0 Å². The van der Waals surface area contributed by atoms with Crippen LogP contribution in [0.3, 0.4) is 0 Å². The molecule has 1 N–H and O–H groups in total. The van der Waals surface area contributed by atoms with Crippen molar-refractivity contribution < 1.29 is 27.5 Å². The molecule has 2 rings (SSSR count). The summed E-state index contributed by atoms with van der Waals surface area (Å²) in [6.45, 7) is 3.26. The van der Waals surface area contributed by atoms with Gasteiger partial charge in [-0.1, -0.05) is 38.1 Å². The molecule has 0 atom stereocenters. The first-order chi connectivity index (χ1) is 13.2. The number of hydrogen-bond acceptors (Lipinski definition) is 6. The molecule has 1 amide bonds. The molecular weight excluding hydrogens is 382 g/mol. The van der Waals surface area contributed by atoms with Crippen molar-refractivity contribution in [1.29, 1.82) is 0 Å². The van der Waals surface area contributed by atoms with Gasteiger partial charge in [0.25, 0.3) is 5.91 Å². The van der Waals surface area contributed by atoms with Crippen LogP contribution in [0.25, 0.3) is 0 Å². The number of nitrogens with one attached hydrogen (secondary N) is 1. The predicted octanol–water partition coefficient (Wildman–Crippen LogP) is 2.77. The van der Waals surface area contributed by atoms with Gasteiger partial charge in [-0.2, -0.15) is 0 Å². The zero-order chi connectivity index (χ0) is 20.7. The average Bonchev–Trinajstić information content (AvgIpc) is 2.64. The first-order valence-corrected chi connectivity index (χ1v) is 10.5. The number of anilines is 1. The molecule has 2 aromatic rings. The summed E-state index contributed by atoms with van der Waals surface area (Å²) in [6, 6.07) is 13.3. The molecule has 0 saturated carbocycles. The number of benzene rings is 2. The summed E-state index contributed by atoms with van der Waals surface area (Å²) in [7, 11) is -3.50. The van der Waals surface area contributed by atoms with E-state index in [1.807, 2.05) is 12.1 Å². The van der Waals surface area contributed by atoms with Gasteiger partial charge < -0.3 is 14.8 Å². The molecule has 0 aromatic heterocycles. The molecule has 0 saturated heterocycles. The van der Waals surface area contributed by atoms with Crippen LogP contribution in [0.15, 0.2) is 53.4 Å². The molecule has 0 fully saturated rings. The zero-order valence-electron chi connectivity index (χ0n) is 16.0. The summed E-state index contributed by atoms with van der Waals surface area (Å²) in [5.41, 5.74) is 1.29.